The number of alkyl halides is 10. The van der Waals surface area contributed by atoms with E-state index in [2.05, 4.69) is 16.3 Å². The van der Waals surface area contributed by atoms with Gasteiger partial charge in [-0.3, -0.25) is 4.74 Å². The molecule has 0 aromatic heterocycles. The maximum Gasteiger partial charge on any atom is 0.431 e. The van der Waals surface area contributed by atoms with Gasteiger partial charge >= 0.3 is 29.2 Å². The molecule has 1 rings (SSSR count). The molecule has 0 saturated carbocycles. The molecule has 1 aliphatic rings. The Kier molecular flexibility index (Phi) is 2.47. The lowest BCUT2D eigenvalue weighted by Crippen LogP contribution is -2.84. The fourth-order valence-corrected chi connectivity index (χ4v) is 1.40. The third-order valence-electron chi connectivity index (χ3n) is 1.89. The Morgan fingerprint density at radius 3 is 1.19 bits per heavy atom. The molecule has 0 radical (unpaired) electrons. The number of hydrogen-bond acceptors (Lipinski definition) is 1. The number of hydrogen-bond donors (Lipinski definition) is 0. The Balaban J connectivity index is 3.35. The summed E-state index contributed by atoms with van der Waals surface area (Å²) in [5.74, 6) is 0. The first-order valence-corrected chi connectivity index (χ1v) is 3.68. The Hall–Kier alpha value is -0.380. The summed E-state index contributed by atoms with van der Waals surface area (Å²) in [6.45, 7) is 0. The van der Waals surface area contributed by atoms with Crippen LogP contribution in [0.15, 0.2) is 0 Å². The third-order valence-corrected chi connectivity index (χ3v) is 2.37. The Morgan fingerprint density at radius 2 is 1.12 bits per heavy atom. The summed E-state index contributed by atoms with van der Waals surface area (Å²) in [6, 6.07) is 0. The molecule has 1 aliphatic heterocycles. The number of halogens is 10. The fraction of sp³-hybridized carbons (Fsp3) is 1.00. The lowest BCUT2D eigenvalue weighted by atomic mass is 9.88. The topological polar surface area (TPSA) is 9.23 Å². The summed E-state index contributed by atoms with van der Waals surface area (Å²) < 4.78 is 111. The molecule has 11 heteroatoms. The molecule has 1 heterocycles. The SMILES string of the molecule is FC(F)(F)C1(C(F)(F)F)OC(F)(F)C1(F)Cl. The Bertz CT molecular complexity index is 288. The van der Waals surface area contributed by atoms with E-state index in [1.165, 1.54) is 0 Å². The first kappa shape index (κ1) is 13.7. The van der Waals surface area contributed by atoms with Gasteiger partial charge in [-0.25, -0.2) is 4.39 Å². The molecule has 1 unspecified atom stereocenters. The van der Waals surface area contributed by atoms with Crippen molar-refractivity contribution < 1.29 is 44.3 Å². The van der Waals surface area contributed by atoms with Crippen molar-refractivity contribution in [1.29, 1.82) is 0 Å². The summed E-state index contributed by atoms with van der Waals surface area (Å²) in [5.41, 5.74) is -5.72. The van der Waals surface area contributed by atoms with Crippen LogP contribution in [0, 0.1) is 0 Å². The van der Waals surface area contributed by atoms with Gasteiger partial charge in [0.15, 0.2) is 0 Å². The van der Waals surface area contributed by atoms with Crippen LogP contribution in [0.4, 0.5) is 39.5 Å². The van der Waals surface area contributed by atoms with Crippen molar-refractivity contribution in [3.63, 3.8) is 0 Å². The second kappa shape index (κ2) is 2.89. The predicted molar refractivity (Wildman–Crippen MR) is 30.6 cm³/mol. The van der Waals surface area contributed by atoms with Gasteiger partial charge in [0.2, 0.25) is 0 Å². The van der Waals surface area contributed by atoms with Crippen molar-refractivity contribution in [2.45, 2.75) is 29.2 Å². The number of ether oxygens (including phenoxy) is 1. The van der Waals surface area contributed by atoms with Crippen molar-refractivity contribution in [1.82, 2.24) is 0 Å². The molecule has 0 bridgehead atoms. The lowest BCUT2D eigenvalue weighted by Gasteiger charge is -2.54. The minimum atomic E-state index is -6.47. The summed E-state index contributed by atoms with van der Waals surface area (Å²) in [6.07, 6.45) is -18.3. The monoisotopic (exact) mass is 282 g/mol. The van der Waals surface area contributed by atoms with E-state index in [1.54, 1.807) is 0 Å². The van der Waals surface area contributed by atoms with Gasteiger partial charge in [-0.1, -0.05) is 11.6 Å². The van der Waals surface area contributed by atoms with Crippen LogP contribution in [0.3, 0.4) is 0 Å². The van der Waals surface area contributed by atoms with E-state index in [0.717, 1.165) is 0 Å². The zero-order chi connectivity index (χ0) is 13.2. The van der Waals surface area contributed by atoms with Gasteiger partial charge in [0.05, 0.1) is 0 Å². The molecule has 16 heavy (non-hydrogen) atoms. The molecule has 0 aromatic carbocycles. The lowest BCUT2D eigenvalue weighted by molar-refractivity contribution is -0.554. The van der Waals surface area contributed by atoms with Crippen LogP contribution in [-0.4, -0.2) is 29.2 Å². The molecule has 0 aliphatic carbocycles. The molecule has 1 saturated heterocycles. The molecule has 1 fully saturated rings. The summed E-state index contributed by atoms with van der Waals surface area (Å²) in [5, 5.41) is -5.43. The molecular formula is C5ClF9O. The van der Waals surface area contributed by atoms with Crippen LogP contribution in [0.2, 0.25) is 0 Å². The highest BCUT2D eigenvalue weighted by Crippen LogP contribution is 2.68. The maximum absolute atomic E-state index is 12.7. The van der Waals surface area contributed by atoms with Crippen molar-refractivity contribution >= 4 is 11.6 Å². The van der Waals surface area contributed by atoms with Gasteiger partial charge in [-0.15, -0.1) is 0 Å². The van der Waals surface area contributed by atoms with Crippen LogP contribution in [0.25, 0.3) is 0 Å². The van der Waals surface area contributed by atoms with E-state index < -0.39 is 29.2 Å². The van der Waals surface area contributed by atoms with Crippen molar-refractivity contribution in [2.24, 2.45) is 0 Å². The first-order valence-electron chi connectivity index (χ1n) is 3.30. The zero-order valence-electron chi connectivity index (χ0n) is 6.69. The average Bonchev–Trinajstić information content (AvgIpc) is 1.94. The van der Waals surface area contributed by atoms with Gasteiger partial charge < -0.3 is 0 Å². The fourth-order valence-electron chi connectivity index (χ4n) is 1.11. The van der Waals surface area contributed by atoms with Crippen LogP contribution >= 0.6 is 11.6 Å². The quantitative estimate of drug-likeness (QED) is 0.489. The molecule has 0 spiro atoms. The van der Waals surface area contributed by atoms with E-state index in [0.29, 0.717) is 0 Å². The minimum Gasteiger partial charge on any atom is -0.287 e. The molecule has 0 aromatic rings. The zero-order valence-corrected chi connectivity index (χ0v) is 7.44. The molecule has 0 amide bonds. The third kappa shape index (κ3) is 1.25. The second-order valence-electron chi connectivity index (χ2n) is 2.87. The highest BCUT2D eigenvalue weighted by Gasteiger charge is 2.98. The smallest absolute Gasteiger partial charge is 0.287 e. The molecular weight excluding hydrogens is 282 g/mol. The average molecular weight is 282 g/mol. The molecule has 1 nitrogen and oxygen atoms in total. The van der Waals surface area contributed by atoms with Crippen LogP contribution in [0.1, 0.15) is 0 Å². The largest absolute Gasteiger partial charge is 0.431 e. The van der Waals surface area contributed by atoms with Crippen LogP contribution in [0.5, 0.6) is 0 Å². The molecule has 0 N–H and O–H groups in total. The Labute approximate surface area is 86.1 Å². The Morgan fingerprint density at radius 1 is 0.812 bits per heavy atom. The first-order chi connectivity index (χ1) is 6.71. The number of rotatable bonds is 0. The van der Waals surface area contributed by atoms with E-state index in [9.17, 15) is 39.5 Å². The second-order valence-corrected chi connectivity index (χ2v) is 3.39. The summed E-state index contributed by atoms with van der Waals surface area (Å²) >= 11 is 4.01. The molecule has 96 valence electrons. The van der Waals surface area contributed by atoms with Gasteiger partial charge in [0.25, 0.3) is 0 Å². The van der Waals surface area contributed by atoms with E-state index in [1.807, 2.05) is 0 Å². The highest BCUT2D eigenvalue weighted by atomic mass is 35.5. The summed E-state index contributed by atoms with van der Waals surface area (Å²) in [7, 11) is 0. The van der Waals surface area contributed by atoms with Gasteiger partial charge in [-0.05, 0) is 0 Å². The van der Waals surface area contributed by atoms with Crippen molar-refractivity contribution in [2.75, 3.05) is 0 Å². The van der Waals surface area contributed by atoms with Gasteiger partial charge in [0.1, 0.15) is 0 Å². The van der Waals surface area contributed by atoms with E-state index in [-0.39, 0.29) is 0 Å². The minimum absolute atomic E-state index is 2.37. The molecule has 1 atom stereocenters. The van der Waals surface area contributed by atoms with Gasteiger partial charge in [0, 0.05) is 0 Å². The normalized spacial score (nSPS) is 33.4. The van der Waals surface area contributed by atoms with Crippen LogP contribution in [-0.2, 0) is 4.74 Å². The van der Waals surface area contributed by atoms with Gasteiger partial charge in [-0.2, -0.15) is 35.1 Å². The highest BCUT2D eigenvalue weighted by molar-refractivity contribution is 6.25. The standard InChI is InChI=1S/C5ClF9O/c6-2(7)1(3(8,9)10,4(11,12)13)16-5(2,14)15. The van der Waals surface area contributed by atoms with Crippen molar-refractivity contribution in [3.05, 3.63) is 0 Å². The van der Waals surface area contributed by atoms with E-state index >= 15 is 0 Å². The summed E-state index contributed by atoms with van der Waals surface area (Å²) in [4.78, 5) is 0. The van der Waals surface area contributed by atoms with Crippen LogP contribution < -0.4 is 0 Å². The van der Waals surface area contributed by atoms with E-state index in [4.69, 9.17) is 0 Å². The predicted octanol–water partition coefficient (Wildman–Crippen LogP) is 3.38. The van der Waals surface area contributed by atoms with Crippen molar-refractivity contribution in [3.8, 4) is 0 Å². The maximum atomic E-state index is 12.7.